The van der Waals surface area contributed by atoms with Gasteiger partial charge in [-0.25, -0.2) is 9.97 Å². The highest BCUT2D eigenvalue weighted by Crippen LogP contribution is 2.25. The quantitative estimate of drug-likeness (QED) is 0.712. The van der Waals surface area contributed by atoms with E-state index in [0.29, 0.717) is 23.3 Å². The number of para-hydroxylation sites is 1. The summed E-state index contributed by atoms with van der Waals surface area (Å²) in [7, 11) is 0. The number of carbonyl (C=O) groups excluding carboxylic acids is 1. The number of nitrogens with one attached hydrogen (secondary N) is 1. The molecule has 122 valence electrons. The summed E-state index contributed by atoms with van der Waals surface area (Å²) in [5.74, 6) is 0.837. The molecule has 1 heterocycles. The Kier molecular flexibility index (Phi) is 4.91. The van der Waals surface area contributed by atoms with E-state index in [1.165, 1.54) is 0 Å². The average Bonchev–Trinajstić information content (AvgIpc) is 2.60. The maximum Gasteiger partial charge on any atom is 0.325 e. The summed E-state index contributed by atoms with van der Waals surface area (Å²) in [6, 6.07) is 14.9. The lowest BCUT2D eigenvalue weighted by molar-refractivity contribution is -0.140. The first-order valence-electron chi connectivity index (χ1n) is 7.59. The zero-order valence-corrected chi connectivity index (χ0v) is 13.9. The summed E-state index contributed by atoms with van der Waals surface area (Å²) in [5, 5.41) is 4.54. The van der Waals surface area contributed by atoms with E-state index < -0.39 is 0 Å². The molecule has 24 heavy (non-hydrogen) atoms. The third-order valence-electron chi connectivity index (χ3n) is 3.41. The summed E-state index contributed by atoms with van der Waals surface area (Å²) >= 11 is 5.94. The molecule has 2 aromatic carbocycles. The lowest BCUT2D eigenvalue weighted by Crippen LogP contribution is -2.17. The number of halogens is 1. The molecular weight excluding hydrogens is 326 g/mol. The van der Waals surface area contributed by atoms with E-state index >= 15 is 0 Å². The molecule has 5 nitrogen and oxygen atoms in total. The second-order valence-electron chi connectivity index (χ2n) is 5.08. The first-order valence-corrected chi connectivity index (χ1v) is 7.97. The maximum atomic E-state index is 11.6. The average molecular weight is 342 g/mol. The number of anilines is 1. The van der Waals surface area contributed by atoms with E-state index in [1.54, 1.807) is 19.1 Å². The molecule has 3 rings (SSSR count). The van der Waals surface area contributed by atoms with Gasteiger partial charge in [-0.15, -0.1) is 0 Å². The summed E-state index contributed by atoms with van der Waals surface area (Å²) in [5.41, 5.74) is 1.65. The third-order valence-corrected chi connectivity index (χ3v) is 3.66. The van der Waals surface area contributed by atoms with Gasteiger partial charge in [-0.1, -0.05) is 23.7 Å². The van der Waals surface area contributed by atoms with Crippen LogP contribution in [0, 0.1) is 0 Å². The second kappa shape index (κ2) is 7.27. The van der Waals surface area contributed by atoms with Crippen molar-refractivity contribution in [3.63, 3.8) is 0 Å². The molecule has 0 spiro atoms. The SMILES string of the molecule is CCOC(=O)CNc1nc(-c2ccc(Cl)cc2)nc2ccccc12. The van der Waals surface area contributed by atoms with Crippen molar-refractivity contribution < 1.29 is 9.53 Å². The van der Waals surface area contributed by atoms with Gasteiger partial charge in [0.1, 0.15) is 12.4 Å². The highest BCUT2D eigenvalue weighted by atomic mass is 35.5. The minimum atomic E-state index is -0.326. The van der Waals surface area contributed by atoms with E-state index in [9.17, 15) is 4.79 Å². The fourth-order valence-electron chi connectivity index (χ4n) is 2.31. The number of fused-ring (bicyclic) bond motifs is 1. The highest BCUT2D eigenvalue weighted by Gasteiger charge is 2.10. The monoisotopic (exact) mass is 341 g/mol. The summed E-state index contributed by atoms with van der Waals surface area (Å²) < 4.78 is 4.94. The zero-order valence-electron chi connectivity index (χ0n) is 13.1. The number of carbonyl (C=O) groups is 1. The van der Waals surface area contributed by atoms with E-state index in [2.05, 4.69) is 15.3 Å². The standard InChI is InChI=1S/C18H16ClN3O2/c1-2-24-16(23)11-20-18-14-5-3-4-6-15(14)21-17(22-18)12-7-9-13(19)10-8-12/h3-10H,2,11H2,1H3,(H,20,21,22). The van der Waals surface area contributed by atoms with E-state index in [-0.39, 0.29) is 12.5 Å². The minimum Gasteiger partial charge on any atom is -0.465 e. The van der Waals surface area contributed by atoms with Gasteiger partial charge in [0, 0.05) is 16.0 Å². The topological polar surface area (TPSA) is 64.1 Å². The van der Waals surface area contributed by atoms with E-state index in [4.69, 9.17) is 16.3 Å². The Morgan fingerprint density at radius 2 is 1.88 bits per heavy atom. The molecule has 0 saturated heterocycles. The maximum absolute atomic E-state index is 11.6. The van der Waals surface area contributed by atoms with Gasteiger partial charge in [-0.2, -0.15) is 0 Å². The molecule has 6 heteroatoms. The Bertz CT molecular complexity index is 866. The van der Waals surface area contributed by atoms with Crippen molar-refractivity contribution in [1.29, 1.82) is 0 Å². The highest BCUT2D eigenvalue weighted by molar-refractivity contribution is 6.30. The predicted molar refractivity (Wildman–Crippen MR) is 95.1 cm³/mol. The van der Waals surface area contributed by atoms with Crippen LogP contribution in [0.5, 0.6) is 0 Å². The van der Waals surface area contributed by atoms with Crippen molar-refractivity contribution in [3.05, 3.63) is 53.6 Å². The summed E-state index contributed by atoms with van der Waals surface area (Å²) in [6.45, 7) is 2.17. The summed E-state index contributed by atoms with van der Waals surface area (Å²) in [4.78, 5) is 20.8. The van der Waals surface area contributed by atoms with Gasteiger partial charge in [0.15, 0.2) is 5.82 Å². The van der Waals surface area contributed by atoms with E-state index in [0.717, 1.165) is 16.5 Å². The van der Waals surface area contributed by atoms with Gasteiger partial charge in [0.2, 0.25) is 0 Å². The Morgan fingerprint density at radius 3 is 2.62 bits per heavy atom. The molecule has 0 aliphatic rings. The number of ether oxygens (including phenoxy) is 1. The molecule has 0 bridgehead atoms. The Balaban J connectivity index is 1.99. The van der Waals surface area contributed by atoms with Gasteiger partial charge < -0.3 is 10.1 Å². The zero-order chi connectivity index (χ0) is 16.9. The minimum absolute atomic E-state index is 0.0505. The lowest BCUT2D eigenvalue weighted by atomic mass is 10.2. The van der Waals surface area contributed by atoms with E-state index in [1.807, 2.05) is 36.4 Å². The van der Waals surface area contributed by atoms with Crippen molar-refractivity contribution in [1.82, 2.24) is 9.97 Å². The fraction of sp³-hybridized carbons (Fsp3) is 0.167. The van der Waals surface area contributed by atoms with Crippen molar-refractivity contribution >= 4 is 34.3 Å². The van der Waals surface area contributed by atoms with Gasteiger partial charge in [-0.05, 0) is 43.3 Å². The third kappa shape index (κ3) is 3.63. The van der Waals surface area contributed by atoms with Crippen LogP contribution in [0.4, 0.5) is 5.82 Å². The van der Waals surface area contributed by atoms with Crippen molar-refractivity contribution in [3.8, 4) is 11.4 Å². The molecule has 0 fully saturated rings. The number of hydrogen-bond donors (Lipinski definition) is 1. The number of rotatable bonds is 5. The molecule has 0 aliphatic carbocycles. The number of esters is 1. The van der Waals surface area contributed by atoms with Crippen LogP contribution in [0.25, 0.3) is 22.3 Å². The Labute approximate surface area is 144 Å². The molecule has 3 aromatic rings. The molecular formula is C18H16ClN3O2. The molecule has 0 amide bonds. The van der Waals surface area contributed by atoms with Crippen LogP contribution >= 0.6 is 11.6 Å². The van der Waals surface area contributed by atoms with Crippen molar-refractivity contribution in [2.75, 3.05) is 18.5 Å². The molecule has 0 unspecified atom stereocenters. The molecule has 0 saturated carbocycles. The van der Waals surface area contributed by atoms with Crippen LogP contribution in [0.2, 0.25) is 5.02 Å². The van der Waals surface area contributed by atoms with Crippen LogP contribution in [0.3, 0.4) is 0 Å². The molecule has 1 aromatic heterocycles. The van der Waals surface area contributed by atoms with Crippen LogP contribution in [-0.4, -0.2) is 29.1 Å². The Hall–Kier alpha value is -2.66. The van der Waals surface area contributed by atoms with Gasteiger partial charge in [0.25, 0.3) is 0 Å². The first kappa shape index (κ1) is 16.2. The van der Waals surface area contributed by atoms with Crippen LogP contribution < -0.4 is 5.32 Å². The number of benzene rings is 2. The smallest absolute Gasteiger partial charge is 0.325 e. The van der Waals surface area contributed by atoms with Gasteiger partial charge in [-0.3, -0.25) is 4.79 Å². The predicted octanol–water partition coefficient (Wildman–Crippen LogP) is 3.93. The number of nitrogens with zero attached hydrogens (tertiary/aromatic N) is 2. The van der Waals surface area contributed by atoms with Crippen molar-refractivity contribution in [2.24, 2.45) is 0 Å². The first-order chi connectivity index (χ1) is 11.7. The normalized spacial score (nSPS) is 10.6. The Morgan fingerprint density at radius 1 is 1.12 bits per heavy atom. The second-order valence-corrected chi connectivity index (χ2v) is 5.51. The van der Waals surface area contributed by atoms with Crippen molar-refractivity contribution in [2.45, 2.75) is 6.92 Å². The van der Waals surface area contributed by atoms with Gasteiger partial charge in [0.05, 0.1) is 12.1 Å². The van der Waals surface area contributed by atoms with Gasteiger partial charge >= 0.3 is 5.97 Å². The molecule has 1 N–H and O–H groups in total. The summed E-state index contributed by atoms with van der Waals surface area (Å²) in [6.07, 6.45) is 0. The number of hydrogen-bond acceptors (Lipinski definition) is 5. The molecule has 0 radical (unpaired) electrons. The fourth-order valence-corrected chi connectivity index (χ4v) is 2.43. The molecule has 0 aliphatic heterocycles. The van der Waals surface area contributed by atoms with Crippen LogP contribution in [-0.2, 0) is 9.53 Å². The van der Waals surface area contributed by atoms with Crippen LogP contribution in [0.1, 0.15) is 6.92 Å². The van der Waals surface area contributed by atoms with Crippen LogP contribution in [0.15, 0.2) is 48.5 Å². The lowest BCUT2D eigenvalue weighted by Gasteiger charge is -2.10. The molecule has 0 atom stereocenters. The largest absolute Gasteiger partial charge is 0.465 e. The number of aromatic nitrogens is 2.